The molecule has 3 nitrogen and oxygen atoms in total. The SMILES string of the molecule is CCC/C=C/C(O)=C1N(c2c(C(C)C)cccc2C(C)C)CCN1c1c(C(C)C)cccc1C(C)C. The highest BCUT2D eigenvalue weighted by atomic mass is 16.3. The van der Waals surface area contributed by atoms with Gasteiger partial charge in [0.25, 0.3) is 0 Å². The van der Waals surface area contributed by atoms with E-state index in [1.807, 2.05) is 6.08 Å². The first-order valence-electron chi connectivity index (χ1n) is 14.0. The Morgan fingerprint density at radius 1 is 0.722 bits per heavy atom. The van der Waals surface area contributed by atoms with Gasteiger partial charge in [0.1, 0.15) is 0 Å². The van der Waals surface area contributed by atoms with Crippen LogP contribution in [0.15, 0.2) is 60.1 Å². The number of allylic oxidation sites excluding steroid dienone is 2. The summed E-state index contributed by atoms with van der Waals surface area (Å²) in [6, 6.07) is 13.4. The summed E-state index contributed by atoms with van der Waals surface area (Å²) in [6.07, 6.45) is 6.04. The van der Waals surface area contributed by atoms with E-state index in [0.29, 0.717) is 29.4 Å². The molecule has 0 bridgehead atoms. The van der Waals surface area contributed by atoms with Crippen LogP contribution in [-0.2, 0) is 0 Å². The highest BCUT2D eigenvalue weighted by molar-refractivity contribution is 5.74. The maximum Gasteiger partial charge on any atom is 0.156 e. The molecule has 0 spiro atoms. The predicted octanol–water partition coefficient (Wildman–Crippen LogP) is 9.59. The van der Waals surface area contributed by atoms with Crippen LogP contribution >= 0.6 is 0 Å². The minimum atomic E-state index is 0.350. The van der Waals surface area contributed by atoms with Crippen molar-refractivity contribution in [2.24, 2.45) is 0 Å². The van der Waals surface area contributed by atoms with Crippen LogP contribution in [0, 0.1) is 0 Å². The van der Waals surface area contributed by atoms with Gasteiger partial charge in [0.15, 0.2) is 11.6 Å². The Labute approximate surface area is 220 Å². The second kappa shape index (κ2) is 12.0. The van der Waals surface area contributed by atoms with Gasteiger partial charge in [-0.05, 0) is 58.4 Å². The van der Waals surface area contributed by atoms with Gasteiger partial charge in [0.05, 0.1) is 0 Å². The number of anilines is 2. The van der Waals surface area contributed by atoms with Crippen molar-refractivity contribution in [2.45, 2.75) is 98.8 Å². The second-order valence-corrected chi connectivity index (χ2v) is 11.4. The fraction of sp³-hybridized carbons (Fsp3) is 0.515. The molecule has 1 heterocycles. The number of rotatable bonds is 9. The van der Waals surface area contributed by atoms with Crippen molar-refractivity contribution in [3.05, 3.63) is 82.4 Å². The van der Waals surface area contributed by atoms with Gasteiger partial charge in [0, 0.05) is 24.5 Å². The van der Waals surface area contributed by atoms with Gasteiger partial charge in [0.2, 0.25) is 0 Å². The Balaban J connectivity index is 2.32. The van der Waals surface area contributed by atoms with E-state index in [0.717, 1.165) is 31.8 Å². The van der Waals surface area contributed by atoms with E-state index in [4.69, 9.17) is 0 Å². The minimum absolute atomic E-state index is 0.350. The number of nitrogens with zero attached hydrogens (tertiary/aromatic N) is 2. The summed E-state index contributed by atoms with van der Waals surface area (Å²) in [5.74, 6) is 2.82. The fourth-order valence-electron chi connectivity index (χ4n) is 5.35. The van der Waals surface area contributed by atoms with E-state index in [1.165, 1.54) is 33.6 Å². The van der Waals surface area contributed by atoms with Crippen molar-refractivity contribution < 1.29 is 5.11 Å². The first-order chi connectivity index (χ1) is 17.1. The molecule has 0 atom stereocenters. The summed E-state index contributed by atoms with van der Waals surface area (Å²) < 4.78 is 0. The molecule has 1 aliphatic rings. The lowest BCUT2D eigenvalue weighted by molar-refractivity contribution is 0.422. The molecule has 36 heavy (non-hydrogen) atoms. The fourth-order valence-corrected chi connectivity index (χ4v) is 5.35. The van der Waals surface area contributed by atoms with E-state index < -0.39 is 0 Å². The number of aliphatic hydroxyl groups is 1. The van der Waals surface area contributed by atoms with Crippen molar-refractivity contribution in [1.82, 2.24) is 0 Å². The van der Waals surface area contributed by atoms with Crippen molar-refractivity contribution >= 4 is 11.4 Å². The molecule has 0 radical (unpaired) electrons. The monoisotopic (exact) mass is 488 g/mol. The number of aliphatic hydroxyl groups excluding tert-OH is 1. The zero-order chi connectivity index (χ0) is 26.6. The summed E-state index contributed by atoms with van der Waals surface area (Å²) in [5, 5.41) is 11.7. The quantitative estimate of drug-likeness (QED) is 0.356. The van der Waals surface area contributed by atoms with E-state index in [2.05, 4.69) is 115 Å². The zero-order valence-electron chi connectivity index (χ0n) is 24.1. The first kappa shape index (κ1) is 27.9. The van der Waals surface area contributed by atoms with Gasteiger partial charge in [-0.1, -0.05) is 111 Å². The first-order valence-corrected chi connectivity index (χ1v) is 14.0. The molecule has 0 saturated carbocycles. The molecular formula is C33H48N2O. The summed E-state index contributed by atoms with van der Waals surface area (Å²) >= 11 is 0. The van der Waals surface area contributed by atoms with Crippen LogP contribution < -0.4 is 9.80 Å². The molecule has 1 N–H and O–H groups in total. The Morgan fingerprint density at radius 2 is 1.08 bits per heavy atom. The molecule has 196 valence electrons. The standard InChI is InChI=1S/C33H48N2O/c1-10-11-12-19-30(36)33-34(31-26(22(2)3)15-13-16-27(31)23(4)5)20-21-35(33)32-28(24(6)7)17-14-18-29(32)25(8)9/h12-19,22-25,36H,10-11,20-21H2,1-9H3/b19-12+. The summed E-state index contributed by atoms with van der Waals surface area (Å²) in [4.78, 5) is 4.80. The van der Waals surface area contributed by atoms with E-state index in [9.17, 15) is 5.11 Å². The number of benzene rings is 2. The van der Waals surface area contributed by atoms with Gasteiger partial charge in [-0.25, -0.2) is 0 Å². The topological polar surface area (TPSA) is 26.7 Å². The predicted molar refractivity (Wildman–Crippen MR) is 158 cm³/mol. The minimum Gasteiger partial charge on any atom is -0.504 e. The van der Waals surface area contributed by atoms with E-state index in [1.54, 1.807) is 0 Å². The summed E-state index contributed by atoms with van der Waals surface area (Å²) in [5.41, 5.74) is 7.89. The van der Waals surface area contributed by atoms with E-state index in [-0.39, 0.29) is 0 Å². The highest BCUT2D eigenvalue weighted by Crippen LogP contribution is 2.44. The van der Waals surface area contributed by atoms with Gasteiger partial charge < -0.3 is 14.9 Å². The van der Waals surface area contributed by atoms with Crippen LogP contribution in [0.3, 0.4) is 0 Å². The van der Waals surface area contributed by atoms with Crippen LogP contribution in [0.25, 0.3) is 0 Å². The van der Waals surface area contributed by atoms with Gasteiger partial charge in [-0.3, -0.25) is 0 Å². The average molecular weight is 489 g/mol. The molecule has 2 aromatic rings. The molecule has 0 amide bonds. The Bertz CT molecular complexity index is 965. The lowest BCUT2D eigenvalue weighted by Crippen LogP contribution is -2.28. The second-order valence-electron chi connectivity index (χ2n) is 11.4. The number of hydrogen-bond acceptors (Lipinski definition) is 3. The number of unbranched alkanes of at least 4 members (excludes halogenated alkanes) is 1. The normalized spacial score (nSPS) is 14.5. The smallest absolute Gasteiger partial charge is 0.156 e. The Hall–Kier alpha value is -2.68. The zero-order valence-corrected chi connectivity index (χ0v) is 24.1. The van der Waals surface area contributed by atoms with Gasteiger partial charge >= 0.3 is 0 Å². The average Bonchev–Trinajstić information content (AvgIpc) is 3.27. The largest absolute Gasteiger partial charge is 0.504 e. The van der Waals surface area contributed by atoms with Crippen LogP contribution in [0.1, 0.15) is 121 Å². The summed E-state index contributed by atoms with van der Waals surface area (Å²) in [7, 11) is 0. The van der Waals surface area contributed by atoms with Crippen LogP contribution in [0.5, 0.6) is 0 Å². The van der Waals surface area contributed by atoms with E-state index >= 15 is 0 Å². The maximum absolute atomic E-state index is 11.7. The van der Waals surface area contributed by atoms with Crippen molar-refractivity contribution in [3.8, 4) is 0 Å². The maximum atomic E-state index is 11.7. The molecule has 1 saturated heterocycles. The lowest BCUT2D eigenvalue weighted by Gasteiger charge is -2.33. The lowest BCUT2D eigenvalue weighted by atomic mass is 9.91. The Morgan fingerprint density at radius 3 is 1.39 bits per heavy atom. The third-order valence-electron chi connectivity index (χ3n) is 7.24. The molecule has 1 aliphatic heterocycles. The molecule has 1 fully saturated rings. The number of para-hydroxylation sites is 2. The van der Waals surface area contributed by atoms with Crippen LogP contribution in [0.4, 0.5) is 11.4 Å². The molecule has 2 aromatic carbocycles. The van der Waals surface area contributed by atoms with Crippen molar-refractivity contribution in [1.29, 1.82) is 0 Å². The third-order valence-corrected chi connectivity index (χ3v) is 7.24. The summed E-state index contributed by atoms with van der Waals surface area (Å²) in [6.45, 7) is 22.0. The van der Waals surface area contributed by atoms with Gasteiger partial charge in [-0.2, -0.15) is 0 Å². The molecule has 3 rings (SSSR count). The van der Waals surface area contributed by atoms with Gasteiger partial charge in [-0.15, -0.1) is 0 Å². The Kier molecular flexibility index (Phi) is 9.33. The highest BCUT2D eigenvalue weighted by Gasteiger charge is 2.35. The molecule has 3 heteroatoms. The van der Waals surface area contributed by atoms with Crippen molar-refractivity contribution in [2.75, 3.05) is 22.9 Å². The van der Waals surface area contributed by atoms with Crippen LogP contribution in [-0.4, -0.2) is 18.2 Å². The van der Waals surface area contributed by atoms with Crippen LogP contribution in [0.2, 0.25) is 0 Å². The number of hydrogen-bond donors (Lipinski definition) is 1. The molecule has 0 unspecified atom stereocenters. The molecular weight excluding hydrogens is 440 g/mol. The molecule has 0 aromatic heterocycles. The third kappa shape index (κ3) is 5.66. The molecule has 0 aliphatic carbocycles. The van der Waals surface area contributed by atoms with Crippen molar-refractivity contribution in [3.63, 3.8) is 0 Å².